The van der Waals surface area contributed by atoms with Gasteiger partial charge in [0.2, 0.25) is 0 Å². The second-order valence-electron chi connectivity index (χ2n) is 10.0. The third-order valence-electron chi connectivity index (χ3n) is 7.71. The lowest BCUT2D eigenvalue weighted by Gasteiger charge is -2.33. The molecule has 1 heteroatoms. The first-order valence-corrected chi connectivity index (χ1v) is 14.4. The summed E-state index contributed by atoms with van der Waals surface area (Å²) in [6, 6.07) is 14.4. The largest absolute Gasteiger partial charge is 0.0654 e. The zero-order chi connectivity index (χ0) is 22.8. The van der Waals surface area contributed by atoms with Crippen molar-refractivity contribution in [2.45, 2.75) is 122 Å². The van der Waals surface area contributed by atoms with Crippen LogP contribution in [0.25, 0.3) is 11.1 Å². The van der Waals surface area contributed by atoms with E-state index in [2.05, 4.69) is 73.1 Å². The van der Waals surface area contributed by atoms with Crippen molar-refractivity contribution in [1.82, 2.24) is 0 Å². The van der Waals surface area contributed by atoms with Gasteiger partial charge in [0.25, 0.3) is 0 Å². The maximum Gasteiger partial charge on any atom is 0.0215 e. The van der Waals surface area contributed by atoms with Crippen LogP contribution in [0.1, 0.15) is 127 Å². The lowest BCUT2D eigenvalue weighted by molar-refractivity contribution is 0.397. The van der Waals surface area contributed by atoms with Crippen LogP contribution in [0.5, 0.6) is 0 Å². The van der Waals surface area contributed by atoms with Crippen molar-refractivity contribution in [2.24, 2.45) is 0 Å². The highest BCUT2D eigenvalue weighted by molar-refractivity contribution is 9.10. The highest BCUT2D eigenvalue weighted by Crippen LogP contribution is 2.55. The Labute approximate surface area is 206 Å². The summed E-state index contributed by atoms with van der Waals surface area (Å²) in [5, 5.41) is 0. The number of rotatable bonds is 15. The molecule has 1 aliphatic carbocycles. The number of halogens is 1. The number of unbranched alkanes of at least 4 members (excludes halogenated alkanes) is 10. The molecule has 0 N–H and O–H groups in total. The minimum absolute atomic E-state index is 0.204. The number of hydrogen-bond acceptors (Lipinski definition) is 0. The molecule has 0 unspecified atom stereocenters. The van der Waals surface area contributed by atoms with E-state index in [1.54, 1.807) is 11.1 Å². The van der Waals surface area contributed by atoms with Crippen molar-refractivity contribution in [1.29, 1.82) is 0 Å². The summed E-state index contributed by atoms with van der Waals surface area (Å²) in [4.78, 5) is 0. The highest BCUT2D eigenvalue weighted by Gasteiger charge is 2.42. The van der Waals surface area contributed by atoms with Crippen molar-refractivity contribution in [3.05, 3.63) is 57.6 Å². The van der Waals surface area contributed by atoms with E-state index in [1.165, 1.54) is 111 Å². The second-order valence-corrected chi connectivity index (χ2v) is 11.0. The third kappa shape index (κ3) is 6.07. The van der Waals surface area contributed by atoms with E-state index in [9.17, 15) is 0 Å². The molecule has 32 heavy (non-hydrogen) atoms. The van der Waals surface area contributed by atoms with Crippen LogP contribution in [0.2, 0.25) is 0 Å². The molecule has 0 saturated carbocycles. The summed E-state index contributed by atoms with van der Waals surface area (Å²) in [6.07, 6.45) is 20.2. The van der Waals surface area contributed by atoms with Crippen LogP contribution < -0.4 is 0 Å². The predicted octanol–water partition coefficient (Wildman–Crippen LogP) is 10.8. The maximum absolute atomic E-state index is 3.81. The number of benzene rings is 2. The van der Waals surface area contributed by atoms with Crippen LogP contribution in [0.4, 0.5) is 0 Å². The second kappa shape index (κ2) is 13.0. The van der Waals surface area contributed by atoms with Crippen LogP contribution in [0, 0.1) is 0 Å². The Kier molecular flexibility index (Phi) is 10.4. The first-order chi connectivity index (χ1) is 15.7. The van der Waals surface area contributed by atoms with E-state index >= 15 is 0 Å². The van der Waals surface area contributed by atoms with Gasteiger partial charge < -0.3 is 0 Å². The molecule has 2 aromatic rings. The Morgan fingerprint density at radius 2 is 1.09 bits per heavy atom. The average molecular weight is 498 g/mol. The van der Waals surface area contributed by atoms with Gasteiger partial charge in [-0.2, -0.15) is 0 Å². The summed E-state index contributed by atoms with van der Waals surface area (Å²) < 4.78 is 1.23. The van der Waals surface area contributed by atoms with Gasteiger partial charge in [0.05, 0.1) is 0 Å². The van der Waals surface area contributed by atoms with Crippen molar-refractivity contribution in [3.8, 4) is 11.1 Å². The fraction of sp³-hybridized carbons (Fsp3) is 0.613. The van der Waals surface area contributed by atoms with Gasteiger partial charge in [0.1, 0.15) is 0 Å². The molecule has 0 radical (unpaired) electrons. The Hall–Kier alpha value is -1.08. The van der Waals surface area contributed by atoms with Gasteiger partial charge in [-0.15, -0.1) is 0 Å². The van der Waals surface area contributed by atoms with E-state index in [-0.39, 0.29) is 5.41 Å². The molecule has 0 heterocycles. The topological polar surface area (TPSA) is 0 Å². The van der Waals surface area contributed by atoms with Gasteiger partial charge in [-0.3, -0.25) is 0 Å². The summed E-state index contributed by atoms with van der Waals surface area (Å²) in [6.45, 7) is 6.92. The standard InChI is InChI=1S/C31H45Br/c1-4-7-9-11-13-15-21-31(22-16-14-12-10-8-5-2)29-23-25(6-3)17-19-27(29)28-20-18-26(32)24-30(28)31/h17-20,23-24H,4-16,21-22H2,1-3H3. The van der Waals surface area contributed by atoms with Crippen molar-refractivity contribution in [3.63, 3.8) is 0 Å². The van der Waals surface area contributed by atoms with Crippen LogP contribution in [-0.2, 0) is 11.8 Å². The van der Waals surface area contributed by atoms with Crippen molar-refractivity contribution >= 4 is 15.9 Å². The molecule has 0 amide bonds. The number of fused-ring (bicyclic) bond motifs is 3. The zero-order valence-electron chi connectivity index (χ0n) is 20.9. The first-order valence-electron chi connectivity index (χ1n) is 13.6. The number of hydrogen-bond donors (Lipinski definition) is 0. The zero-order valence-corrected chi connectivity index (χ0v) is 22.5. The molecule has 0 saturated heterocycles. The van der Waals surface area contributed by atoms with Gasteiger partial charge in [-0.25, -0.2) is 0 Å². The fourth-order valence-corrected chi connectivity index (χ4v) is 6.17. The smallest absolute Gasteiger partial charge is 0.0215 e. The van der Waals surface area contributed by atoms with E-state index in [4.69, 9.17) is 0 Å². The SMILES string of the molecule is CCCCCCCCC1(CCCCCCCC)c2cc(Br)ccc2-c2ccc(CC)cc21. The van der Waals surface area contributed by atoms with Crippen LogP contribution in [0.15, 0.2) is 40.9 Å². The molecule has 0 atom stereocenters. The summed E-state index contributed by atoms with van der Waals surface area (Å²) in [5.74, 6) is 0. The number of aryl methyl sites for hydroxylation is 1. The van der Waals surface area contributed by atoms with Crippen molar-refractivity contribution < 1.29 is 0 Å². The van der Waals surface area contributed by atoms with Crippen LogP contribution in [-0.4, -0.2) is 0 Å². The molecule has 0 aliphatic heterocycles. The lowest BCUT2D eigenvalue weighted by Crippen LogP contribution is -2.25. The molecule has 2 aromatic carbocycles. The predicted molar refractivity (Wildman–Crippen MR) is 146 cm³/mol. The minimum atomic E-state index is 0.204. The Morgan fingerprint density at radius 3 is 1.66 bits per heavy atom. The quantitative estimate of drug-likeness (QED) is 0.215. The highest BCUT2D eigenvalue weighted by atomic mass is 79.9. The molecule has 176 valence electrons. The van der Waals surface area contributed by atoms with Crippen LogP contribution in [0.3, 0.4) is 0 Å². The Morgan fingerprint density at radius 1 is 0.594 bits per heavy atom. The van der Waals surface area contributed by atoms with E-state index in [1.807, 2.05) is 0 Å². The molecule has 0 spiro atoms. The van der Waals surface area contributed by atoms with Gasteiger partial charge in [0, 0.05) is 9.89 Å². The van der Waals surface area contributed by atoms with E-state index in [0.717, 1.165) is 6.42 Å². The molecule has 1 aliphatic rings. The molecule has 3 rings (SSSR count). The maximum atomic E-state index is 3.81. The van der Waals surface area contributed by atoms with Gasteiger partial charge in [0.15, 0.2) is 0 Å². The van der Waals surface area contributed by atoms with Gasteiger partial charge in [-0.05, 0) is 59.2 Å². The molecule has 0 bridgehead atoms. The molecule has 0 fully saturated rings. The first kappa shape index (κ1) is 25.5. The Balaban J connectivity index is 1.88. The fourth-order valence-electron chi connectivity index (χ4n) is 5.81. The summed E-state index contributed by atoms with van der Waals surface area (Å²) >= 11 is 3.81. The third-order valence-corrected chi connectivity index (χ3v) is 8.20. The molecular weight excluding hydrogens is 452 g/mol. The monoisotopic (exact) mass is 496 g/mol. The summed E-state index contributed by atoms with van der Waals surface area (Å²) in [7, 11) is 0. The van der Waals surface area contributed by atoms with Crippen LogP contribution >= 0.6 is 15.9 Å². The van der Waals surface area contributed by atoms with Gasteiger partial charge in [-0.1, -0.05) is 138 Å². The van der Waals surface area contributed by atoms with E-state index < -0.39 is 0 Å². The molecule has 0 nitrogen and oxygen atoms in total. The minimum Gasteiger partial charge on any atom is -0.0654 e. The Bertz CT molecular complexity index is 818. The molecule has 0 aromatic heterocycles. The lowest BCUT2D eigenvalue weighted by atomic mass is 9.70. The summed E-state index contributed by atoms with van der Waals surface area (Å²) in [5.41, 5.74) is 7.91. The average Bonchev–Trinajstić information content (AvgIpc) is 3.07. The normalized spacial score (nSPS) is 13.9. The van der Waals surface area contributed by atoms with Gasteiger partial charge >= 0.3 is 0 Å². The molecular formula is C31H45Br. The van der Waals surface area contributed by atoms with E-state index in [0.29, 0.717) is 0 Å². The van der Waals surface area contributed by atoms with Crippen molar-refractivity contribution in [2.75, 3.05) is 0 Å².